The third kappa shape index (κ3) is 3.86. The smallest absolute Gasteiger partial charge is 0.159 e. The molecule has 4 nitrogen and oxygen atoms in total. The van der Waals surface area contributed by atoms with Gasteiger partial charge in [0.2, 0.25) is 0 Å². The van der Waals surface area contributed by atoms with E-state index < -0.39 is 0 Å². The Labute approximate surface area is 181 Å². The van der Waals surface area contributed by atoms with Crippen molar-refractivity contribution < 1.29 is 19.3 Å². The van der Waals surface area contributed by atoms with E-state index in [0.29, 0.717) is 0 Å². The molecule has 0 saturated carbocycles. The average molecular weight is 453 g/mol. The average Bonchev–Trinajstić information content (AvgIpc) is 3.38. The molecule has 1 saturated heterocycles. The normalized spacial score (nSPS) is 29.9. The van der Waals surface area contributed by atoms with Crippen molar-refractivity contribution in [3.63, 3.8) is 0 Å². The van der Waals surface area contributed by atoms with Gasteiger partial charge in [0.15, 0.2) is 9.54 Å². The summed E-state index contributed by atoms with van der Waals surface area (Å²) in [5, 5.41) is 9.84. The summed E-state index contributed by atoms with van der Waals surface area (Å²) in [7, 11) is 0. The lowest BCUT2D eigenvalue weighted by Crippen LogP contribution is -2.40. The summed E-state index contributed by atoms with van der Waals surface area (Å²) in [5.41, 5.74) is 0. The number of aliphatic hydroxyl groups is 1. The van der Waals surface area contributed by atoms with Crippen LogP contribution >= 0.6 is 47.0 Å². The second-order valence-electron chi connectivity index (χ2n) is 6.71. The van der Waals surface area contributed by atoms with Gasteiger partial charge in [-0.1, -0.05) is 71.3 Å². The molecule has 1 fully saturated rings. The minimum Gasteiger partial charge on any atom is -0.394 e. The molecule has 1 N–H and O–H groups in total. The number of rotatable bonds is 5. The highest BCUT2D eigenvalue weighted by Gasteiger charge is 2.47. The van der Waals surface area contributed by atoms with Gasteiger partial charge in [-0.25, -0.2) is 0 Å². The Morgan fingerprint density at radius 1 is 0.786 bits per heavy atom. The largest absolute Gasteiger partial charge is 0.394 e. The van der Waals surface area contributed by atoms with Crippen LogP contribution in [0.4, 0.5) is 0 Å². The molecular weight excluding hydrogens is 432 g/mol. The van der Waals surface area contributed by atoms with Gasteiger partial charge >= 0.3 is 0 Å². The van der Waals surface area contributed by atoms with Gasteiger partial charge in [-0.3, -0.25) is 0 Å². The lowest BCUT2D eigenvalue weighted by atomic mass is 10.1. The van der Waals surface area contributed by atoms with Crippen molar-refractivity contribution in [2.75, 3.05) is 6.61 Å². The predicted molar refractivity (Wildman–Crippen MR) is 115 cm³/mol. The van der Waals surface area contributed by atoms with E-state index in [1.165, 1.54) is 19.6 Å². The first-order chi connectivity index (χ1) is 13.7. The van der Waals surface area contributed by atoms with Crippen molar-refractivity contribution in [1.29, 1.82) is 0 Å². The third-order valence-corrected chi connectivity index (χ3v) is 9.92. The molecule has 0 amide bonds. The van der Waals surface area contributed by atoms with Crippen molar-refractivity contribution in [1.82, 2.24) is 0 Å². The Kier molecular flexibility index (Phi) is 5.91. The standard InChI is InChI=1S/C20H20O4S4/c1-11-17(23-19-25-13-6-2-3-7-14(13)26-19)18(12(10-21)22-11)24-20-27-15-8-4-5-9-16(15)28-20/h2-9,11-12,17-21H,10H2,1H3/t11-,12+,17?,18-/m0/s1. The molecule has 1 unspecified atom stereocenters. The Hall–Kier alpha value is -0.320. The van der Waals surface area contributed by atoms with Gasteiger partial charge in [-0.15, -0.1) is 0 Å². The van der Waals surface area contributed by atoms with E-state index in [-0.39, 0.29) is 40.6 Å². The monoisotopic (exact) mass is 452 g/mol. The van der Waals surface area contributed by atoms with Crippen LogP contribution in [0.1, 0.15) is 6.92 Å². The molecule has 5 rings (SSSR count). The maximum absolute atomic E-state index is 9.84. The zero-order chi connectivity index (χ0) is 19.1. The molecular formula is C20H20O4S4. The number of aliphatic hydroxyl groups excluding tert-OH is 1. The zero-order valence-electron chi connectivity index (χ0n) is 15.1. The lowest BCUT2D eigenvalue weighted by Gasteiger charge is -2.27. The van der Waals surface area contributed by atoms with Gasteiger partial charge in [0.25, 0.3) is 0 Å². The molecule has 0 aliphatic carbocycles. The molecule has 2 aromatic carbocycles. The summed E-state index contributed by atoms with van der Waals surface area (Å²) in [6, 6.07) is 16.7. The van der Waals surface area contributed by atoms with Crippen molar-refractivity contribution >= 4 is 47.0 Å². The SMILES string of the molecule is C[C@@H]1O[C@H](CO)[C@H](OC2Sc3ccccc3S2)C1OC1Sc2ccccc2S1. The number of ether oxygens (including phenoxy) is 3. The molecule has 28 heavy (non-hydrogen) atoms. The van der Waals surface area contributed by atoms with Crippen molar-refractivity contribution in [2.24, 2.45) is 0 Å². The van der Waals surface area contributed by atoms with Gasteiger partial charge in [0.05, 0.1) is 12.7 Å². The van der Waals surface area contributed by atoms with Gasteiger partial charge in [-0.05, 0) is 31.2 Å². The summed E-state index contributed by atoms with van der Waals surface area (Å²) in [6.07, 6.45) is -1.03. The van der Waals surface area contributed by atoms with E-state index in [1.807, 2.05) is 19.1 Å². The van der Waals surface area contributed by atoms with E-state index >= 15 is 0 Å². The predicted octanol–water partition coefficient (Wildman–Crippen LogP) is 4.90. The second kappa shape index (κ2) is 8.43. The number of benzene rings is 2. The quantitative estimate of drug-likeness (QED) is 0.687. The summed E-state index contributed by atoms with van der Waals surface area (Å²) in [4.78, 5) is 4.97. The first-order valence-corrected chi connectivity index (χ1v) is 12.6. The molecule has 4 atom stereocenters. The lowest BCUT2D eigenvalue weighted by molar-refractivity contribution is -0.0578. The molecule has 0 aromatic heterocycles. The van der Waals surface area contributed by atoms with Crippen LogP contribution < -0.4 is 0 Å². The second-order valence-corrected chi connectivity index (χ2v) is 11.7. The van der Waals surface area contributed by atoms with E-state index in [0.717, 1.165) is 0 Å². The highest BCUT2D eigenvalue weighted by atomic mass is 32.2. The van der Waals surface area contributed by atoms with Gasteiger partial charge in [0, 0.05) is 19.6 Å². The number of hydrogen-bond donors (Lipinski definition) is 1. The molecule has 3 heterocycles. The number of hydrogen-bond acceptors (Lipinski definition) is 8. The van der Waals surface area contributed by atoms with E-state index in [4.69, 9.17) is 14.2 Å². The third-order valence-electron chi connectivity index (χ3n) is 4.85. The van der Waals surface area contributed by atoms with Crippen LogP contribution in [-0.4, -0.2) is 45.7 Å². The minimum absolute atomic E-state index is 0.0296. The maximum atomic E-state index is 9.84. The van der Waals surface area contributed by atoms with Crippen LogP contribution in [0, 0.1) is 0 Å². The van der Waals surface area contributed by atoms with Crippen LogP contribution in [0.2, 0.25) is 0 Å². The summed E-state index contributed by atoms with van der Waals surface area (Å²) >= 11 is 6.87. The fourth-order valence-corrected chi connectivity index (χ4v) is 8.67. The fraction of sp³-hybridized carbons (Fsp3) is 0.400. The number of thioether (sulfide) groups is 4. The molecule has 3 aliphatic rings. The Morgan fingerprint density at radius 2 is 1.21 bits per heavy atom. The van der Waals surface area contributed by atoms with Crippen molar-refractivity contribution in [3.05, 3.63) is 48.5 Å². The highest BCUT2D eigenvalue weighted by molar-refractivity contribution is 8.19. The van der Waals surface area contributed by atoms with Crippen LogP contribution in [0.15, 0.2) is 68.1 Å². The Bertz CT molecular complexity index is 800. The van der Waals surface area contributed by atoms with Crippen LogP contribution in [0.25, 0.3) is 0 Å². The summed E-state index contributed by atoms with van der Waals surface area (Å²) in [5.74, 6) is 0. The molecule has 0 radical (unpaired) electrons. The highest BCUT2D eigenvalue weighted by Crippen LogP contribution is 2.51. The van der Waals surface area contributed by atoms with Gasteiger partial charge in [-0.2, -0.15) is 0 Å². The molecule has 0 spiro atoms. The molecule has 8 heteroatoms. The molecule has 0 bridgehead atoms. The van der Waals surface area contributed by atoms with E-state index in [2.05, 4.69) is 36.4 Å². The Balaban J connectivity index is 1.28. The summed E-state index contributed by atoms with van der Waals surface area (Å²) in [6.45, 7) is 1.92. The zero-order valence-corrected chi connectivity index (χ0v) is 18.4. The minimum atomic E-state index is -0.372. The van der Waals surface area contributed by atoms with Crippen LogP contribution in [0.3, 0.4) is 0 Å². The number of fused-ring (bicyclic) bond motifs is 2. The topological polar surface area (TPSA) is 47.9 Å². The van der Waals surface area contributed by atoms with Crippen LogP contribution in [0.5, 0.6) is 0 Å². The Morgan fingerprint density at radius 3 is 1.64 bits per heavy atom. The molecule has 3 aliphatic heterocycles. The van der Waals surface area contributed by atoms with Gasteiger partial charge < -0.3 is 19.3 Å². The molecule has 148 valence electrons. The first-order valence-electron chi connectivity index (χ1n) is 9.13. The van der Waals surface area contributed by atoms with E-state index in [9.17, 15) is 5.11 Å². The maximum Gasteiger partial charge on any atom is 0.159 e. The molecule has 2 aromatic rings. The van der Waals surface area contributed by atoms with E-state index in [1.54, 1.807) is 47.0 Å². The van der Waals surface area contributed by atoms with Crippen molar-refractivity contribution in [3.8, 4) is 0 Å². The first kappa shape index (κ1) is 19.6. The van der Waals surface area contributed by atoms with Crippen LogP contribution in [-0.2, 0) is 14.2 Å². The van der Waals surface area contributed by atoms with Gasteiger partial charge in [0.1, 0.15) is 18.3 Å². The fourth-order valence-electron chi connectivity index (χ4n) is 3.53. The van der Waals surface area contributed by atoms with Crippen molar-refractivity contribution in [2.45, 2.75) is 60.5 Å². The summed E-state index contributed by atoms with van der Waals surface area (Å²) < 4.78 is 18.8.